The molecule has 1 atom stereocenters. The molecule has 2 aliphatic rings. The van der Waals surface area contributed by atoms with E-state index in [9.17, 15) is 0 Å². The van der Waals surface area contributed by atoms with Gasteiger partial charge in [-0.1, -0.05) is 12.8 Å². The molecule has 1 nitrogen and oxygen atoms in total. The topological polar surface area (TPSA) is 3.24 Å². The minimum absolute atomic E-state index is 0.887. The number of hydrogen-bond acceptors (Lipinski definition) is 2. The Morgan fingerprint density at radius 3 is 2.71 bits per heavy atom. The van der Waals surface area contributed by atoms with Gasteiger partial charge in [-0.15, -0.1) is 11.3 Å². The second-order valence-electron chi connectivity index (χ2n) is 5.43. The van der Waals surface area contributed by atoms with Gasteiger partial charge >= 0.3 is 0 Å². The van der Waals surface area contributed by atoms with E-state index in [-0.39, 0.29) is 0 Å². The molecule has 1 aromatic heterocycles. The zero-order chi connectivity index (χ0) is 11.7. The highest BCUT2D eigenvalue weighted by atomic mass is 79.9. The minimum Gasteiger partial charge on any atom is -0.295 e. The van der Waals surface area contributed by atoms with Crippen molar-refractivity contribution in [3.05, 3.63) is 20.8 Å². The molecule has 94 valence electrons. The predicted molar refractivity (Wildman–Crippen MR) is 77.4 cm³/mol. The van der Waals surface area contributed by atoms with Crippen molar-refractivity contribution in [1.82, 2.24) is 4.90 Å². The summed E-state index contributed by atoms with van der Waals surface area (Å²) in [6.45, 7) is 2.49. The van der Waals surface area contributed by atoms with Crippen molar-refractivity contribution in [3.8, 4) is 0 Å². The van der Waals surface area contributed by atoms with Crippen LogP contribution in [0.3, 0.4) is 0 Å². The summed E-state index contributed by atoms with van der Waals surface area (Å²) in [6.07, 6.45) is 8.76. The molecule has 1 saturated heterocycles. The largest absolute Gasteiger partial charge is 0.295 e. The summed E-state index contributed by atoms with van der Waals surface area (Å²) in [6, 6.07) is 5.35. The summed E-state index contributed by atoms with van der Waals surface area (Å²) < 4.78 is 1.27. The maximum absolute atomic E-state index is 3.56. The Labute approximate surface area is 116 Å². The van der Waals surface area contributed by atoms with E-state index in [4.69, 9.17) is 0 Å². The van der Waals surface area contributed by atoms with E-state index in [2.05, 4.69) is 33.0 Å². The first-order chi connectivity index (χ1) is 8.33. The van der Waals surface area contributed by atoms with Gasteiger partial charge in [0.2, 0.25) is 0 Å². The maximum atomic E-state index is 3.56. The van der Waals surface area contributed by atoms with Crippen LogP contribution in [0.4, 0.5) is 0 Å². The van der Waals surface area contributed by atoms with E-state index in [1.54, 1.807) is 0 Å². The normalized spacial score (nSPS) is 27.0. The predicted octanol–water partition coefficient (Wildman–Crippen LogP) is 4.67. The fourth-order valence-electron chi connectivity index (χ4n) is 3.56. The van der Waals surface area contributed by atoms with Crippen molar-refractivity contribution in [3.63, 3.8) is 0 Å². The molecule has 3 rings (SSSR count). The highest BCUT2D eigenvalue weighted by Gasteiger charge is 2.33. The Morgan fingerprint density at radius 2 is 2.00 bits per heavy atom. The molecule has 3 heteroatoms. The van der Waals surface area contributed by atoms with Gasteiger partial charge in [0.05, 0.1) is 3.79 Å². The lowest BCUT2D eigenvalue weighted by atomic mass is 9.96. The van der Waals surface area contributed by atoms with E-state index in [1.807, 2.05) is 11.3 Å². The molecule has 2 heterocycles. The van der Waals surface area contributed by atoms with Crippen molar-refractivity contribution in [1.29, 1.82) is 0 Å². The fraction of sp³-hybridized carbons (Fsp3) is 0.714. The van der Waals surface area contributed by atoms with E-state index in [0.717, 1.165) is 12.0 Å². The lowest BCUT2D eigenvalue weighted by Gasteiger charge is -2.28. The maximum Gasteiger partial charge on any atom is 0.0701 e. The monoisotopic (exact) mass is 313 g/mol. The Kier molecular flexibility index (Phi) is 3.88. The first kappa shape index (κ1) is 12.2. The Hall–Kier alpha value is 0.140. The number of thiophene rings is 1. The third kappa shape index (κ3) is 2.77. The van der Waals surface area contributed by atoms with Crippen LogP contribution in [-0.4, -0.2) is 17.5 Å². The number of nitrogens with zero attached hydrogens (tertiary/aromatic N) is 1. The highest BCUT2D eigenvalue weighted by molar-refractivity contribution is 9.11. The first-order valence-corrected chi connectivity index (χ1v) is 8.42. The Balaban J connectivity index is 1.65. The molecule has 0 amide bonds. The molecule has 1 aliphatic carbocycles. The van der Waals surface area contributed by atoms with Gasteiger partial charge in [0, 0.05) is 17.5 Å². The zero-order valence-electron chi connectivity index (χ0n) is 10.2. The summed E-state index contributed by atoms with van der Waals surface area (Å²) >= 11 is 5.46. The molecule has 0 N–H and O–H groups in total. The lowest BCUT2D eigenvalue weighted by Crippen LogP contribution is -2.33. The van der Waals surface area contributed by atoms with Crippen molar-refractivity contribution in [2.45, 2.75) is 51.1 Å². The van der Waals surface area contributed by atoms with Crippen molar-refractivity contribution in [2.75, 3.05) is 6.54 Å². The summed E-state index contributed by atoms with van der Waals surface area (Å²) in [4.78, 5) is 4.26. The molecule has 0 spiro atoms. The summed E-state index contributed by atoms with van der Waals surface area (Å²) in [5.41, 5.74) is 0. The molecule has 1 unspecified atom stereocenters. The van der Waals surface area contributed by atoms with Gasteiger partial charge < -0.3 is 0 Å². The highest BCUT2D eigenvalue weighted by Crippen LogP contribution is 2.36. The fourth-order valence-corrected chi connectivity index (χ4v) is 5.07. The Morgan fingerprint density at radius 1 is 1.18 bits per heavy atom. The van der Waals surface area contributed by atoms with Crippen LogP contribution >= 0.6 is 27.3 Å². The van der Waals surface area contributed by atoms with Crippen LogP contribution in [0.5, 0.6) is 0 Å². The molecule has 0 aromatic carbocycles. The molecular weight excluding hydrogens is 294 g/mol. The van der Waals surface area contributed by atoms with Crippen molar-refractivity contribution in [2.24, 2.45) is 5.92 Å². The SMILES string of the molecule is Brc1ccc(CN2CCCC2C2CCCC2)s1. The van der Waals surface area contributed by atoms with Gasteiger partial charge in [0.1, 0.15) is 0 Å². The zero-order valence-corrected chi connectivity index (χ0v) is 12.6. The van der Waals surface area contributed by atoms with E-state index in [1.165, 1.54) is 60.3 Å². The van der Waals surface area contributed by atoms with Gasteiger partial charge in [-0.25, -0.2) is 0 Å². The number of hydrogen-bond donors (Lipinski definition) is 0. The second kappa shape index (κ2) is 5.41. The standard InChI is InChI=1S/C14H20BrNS/c15-14-8-7-12(17-14)10-16-9-3-6-13(16)11-4-1-2-5-11/h7-8,11,13H,1-6,9-10H2. The van der Waals surface area contributed by atoms with E-state index >= 15 is 0 Å². The molecule has 17 heavy (non-hydrogen) atoms. The van der Waals surface area contributed by atoms with Gasteiger partial charge in [0.25, 0.3) is 0 Å². The second-order valence-corrected chi connectivity index (χ2v) is 7.98. The molecule has 2 fully saturated rings. The lowest BCUT2D eigenvalue weighted by molar-refractivity contribution is 0.184. The van der Waals surface area contributed by atoms with Gasteiger partial charge in [-0.3, -0.25) is 4.90 Å². The van der Waals surface area contributed by atoms with Crippen LogP contribution in [0.2, 0.25) is 0 Å². The quantitative estimate of drug-likeness (QED) is 0.784. The van der Waals surface area contributed by atoms with Crippen LogP contribution in [-0.2, 0) is 6.54 Å². The number of halogens is 1. The average molecular weight is 314 g/mol. The molecule has 1 saturated carbocycles. The van der Waals surface area contributed by atoms with Gasteiger partial charge in [-0.05, 0) is 66.2 Å². The minimum atomic E-state index is 0.887. The summed E-state index contributed by atoms with van der Waals surface area (Å²) in [7, 11) is 0. The third-order valence-electron chi connectivity index (χ3n) is 4.35. The van der Waals surface area contributed by atoms with E-state index in [0.29, 0.717) is 0 Å². The van der Waals surface area contributed by atoms with Crippen molar-refractivity contribution >= 4 is 27.3 Å². The third-order valence-corrected chi connectivity index (χ3v) is 5.95. The summed E-state index contributed by atoms with van der Waals surface area (Å²) in [5.74, 6) is 1.00. The van der Waals surface area contributed by atoms with Gasteiger partial charge in [0.15, 0.2) is 0 Å². The van der Waals surface area contributed by atoms with E-state index < -0.39 is 0 Å². The smallest absolute Gasteiger partial charge is 0.0701 e. The van der Waals surface area contributed by atoms with Crippen LogP contribution in [0.25, 0.3) is 0 Å². The molecule has 1 aromatic rings. The van der Waals surface area contributed by atoms with Crippen LogP contribution < -0.4 is 0 Å². The molecule has 0 radical (unpaired) electrons. The molecular formula is C14H20BrNS. The molecule has 0 bridgehead atoms. The molecule has 1 aliphatic heterocycles. The average Bonchev–Trinajstić information content (AvgIpc) is 3.00. The van der Waals surface area contributed by atoms with Crippen LogP contribution in [0.1, 0.15) is 43.4 Å². The van der Waals surface area contributed by atoms with Crippen LogP contribution in [0, 0.1) is 5.92 Å². The summed E-state index contributed by atoms with van der Waals surface area (Å²) in [5, 5.41) is 0. The first-order valence-electron chi connectivity index (χ1n) is 6.81. The van der Waals surface area contributed by atoms with Crippen molar-refractivity contribution < 1.29 is 0 Å². The Bertz CT molecular complexity index is 370. The number of rotatable bonds is 3. The van der Waals surface area contributed by atoms with Gasteiger partial charge in [-0.2, -0.15) is 0 Å². The number of likely N-dealkylation sites (tertiary alicyclic amines) is 1. The van der Waals surface area contributed by atoms with Crippen LogP contribution in [0.15, 0.2) is 15.9 Å².